The summed E-state index contributed by atoms with van der Waals surface area (Å²) in [6, 6.07) is 7.90. The van der Waals surface area contributed by atoms with Crippen LogP contribution in [-0.4, -0.2) is 11.7 Å². The zero-order valence-corrected chi connectivity index (χ0v) is 6.25. The van der Waals surface area contributed by atoms with Gasteiger partial charge in [0.15, 0.2) is 0 Å². The van der Waals surface area contributed by atoms with E-state index < -0.39 is 0 Å². The van der Waals surface area contributed by atoms with E-state index in [1.165, 1.54) is 12.0 Å². The molecule has 11 heavy (non-hydrogen) atoms. The molecule has 2 heteroatoms. The van der Waals surface area contributed by atoms with Crippen LogP contribution in [0.15, 0.2) is 24.3 Å². The fraction of sp³-hybridized carbons (Fsp3) is 0.333. The Morgan fingerprint density at radius 2 is 2.27 bits per heavy atom. The van der Waals surface area contributed by atoms with E-state index in [9.17, 15) is 0 Å². The number of rotatable bonds is 1. The fourth-order valence-corrected chi connectivity index (χ4v) is 1.31. The van der Waals surface area contributed by atoms with Gasteiger partial charge in [-0.2, -0.15) is 0 Å². The number of phenols is 1. The standard InChI is InChI=1S/C9H11NO/c11-8-3-1-2-7(6-8)9-4-5-10-9/h1-3,6,9-11H,4-5H2/t9-/m0/s1. The van der Waals surface area contributed by atoms with Crippen LogP contribution in [0, 0.1) is 0 Å². The largest absolute Gasteiger partial charge is 0.508 e. The molecular weight excluding hydrogens is 138 g/mol. The maximum atomic E-state index is 9.15. The van der Waals surface area contributed by atoms with Gasteiger partial charge in [0, 0.05) is 6.04 Å². The predicted molar refractivity (Wildman–Crippen MR) is 43.5 cm³/mol. The lowest BCUT2D eigenvalue weighted by molar-refractivity contribution is 0.381. The maximum absolute atomic E-state index is 9.15. The summed E-state index contributed by atoms with van der Waals surface area (Å²) in [6.07, 6.45) is 1.18. The van der Waals surface area contributed by atoms with Crippen molar-refractivity contribution in [2.45, 2.75) is 12.5 Å². The lowest BCUT2D eigenvalue weighted by Crippen LogP contribution is -2.34. The van der Waals surface area contributed by atoms with Gasteiger partial charge in [-0.25, -0.2) is 0 Å². The molecule has 0 unspecified atom stereocenters. The summed E-state index contributed by atoms with van der Waals surface area (Å²) in [5.41, 5.74) is 1.19. The molecule has 0 radical (unpaired) electrons. The Morgan fingerprint density at radius 3 is 2.82 bits per heavy atom. The van der Waals surface area contributed by atoms with Gasteiger partial charge >= 0.3 is 0 Å². The fourth-order valence-electron chi connectivity index (χ4n) is 1.31. The van der Waals surface area contributed by atoms with Gasteiger partial charge in [-0.3, -0.25) is 0 Å². The summed E-state index contributed by atoms with van der Waals surface area (Å²) >= 11 is 0. The second kappa shape index (κ2) is 2.55. The van der Waals surface area contributed by atoms with Crippen molar-refractivity contribution in [3.63, 3.8) is 0 Å². The Hall–Kier alpha value is -1.02. The molecule has 0 amide bonds. The molecule has 1 aliphatic rings. The number of benzene rings is 1. The number of phenolic OH excluding ortho intramolecular Hbond substituents is 1. The second-order valence-corrected chi connectivity index (χ2v) is 2.89. The molecule has 1 saturated heterocycles. The summed E-state index contributed by atoms with van der Waals surface area (Å²) in [5.74, 6) is 0.358. The quantitative estimate of drug-likeness (QED) is 0.633. The Morgan fingerprint density at radius 1 is 1.45 bits per heavy atom. The van der Waals surface area contributed by atoms with Gasteiger partial charge in [-0.05, 0) is 30.7 Å². The summed E-state index contributed by atoms with van der Waals surface area (Å²) in [7, 11) is 0. The molecule has 0 aliphatic carbocycles. The Balaban J connectivity index is 2.23. The SMILES string of the molecule is Oc1cccc([C@@H]2CCN2)c1. The van der Waals surface area contributed by atoms with E-state index in [1.807, 2.05) is 18.2 Å². The number of hydrogen-bond donors (Lipinski definition) is 2. The first-order valence-corrected chi connectivity index (χ1v) is 3.88. The maximum Gasteiger partial charge on any atom is 0.115 e. The number of hydrogen-bond acceptors (Lipinski definition) is 2. The smallest absolute Gasteiger partial charge is 0.115 e. The van der Waals surface area contributed by atoms with Crippen LogP contribution in [0.2, 0.25) is 0 Å². The van der Waals surface area contributed by atoms with E-state index in [1.54, 1.807) is 6.07 Å². The van der Waals surface area contributed by atoms with Crippen molar-refractivity contribution in [3.8, 4) is 5.75 Å². The van der Waals surface area contributed by atoms with Crippen LogP contribution >= 0.6 is 0 Å². The minimum atomic E-state index is 0.358. The van der Waals surface area contributed by atoms with Crippen molar-refractivity contribution in [3.05, 3.63) is 29.8 Å². The van der Waals surface area contributed by atoms with Gasteiger partial charge in [-0.15, -0.1) is 0 Å². The van der Waals surface area contributed by atoms with E-state index in [-0.39, 0.29) is 0 Å². The molecule has 0 spiro atoms. The molecule has 1 aromatic carbocycles. The molecular formula is C9H11NO. The molecule has 1 atom stereocenters. The van der Waals surface area contributed by atoms with Crippen molar-refractivity contribution in [1.29, 1.82) is 0 Å². The zero-order chi connectivity index (χ0) is 7.68. The molecule has 1 fully saturated rings. The highest BCUT2D eigenvalue weighted by molar-refractivity contribution is 5.30. The highest BCUT2D eigenvalue weighted by Crippen LogP contribution is 2.24. The van der Waals surface area contributed by atoms with E-state index >= 15 is 0 Å². The molecule has 1 aliphatic heterocycles. The molecule has 0 bridgehead atoms. The number of nitrogens with one attached hydrogen (secondary N) is 1. The van der Waals surface area contributed by atoms with Crippen molar-refractivity contribution in [2.75, 3.05) is 6.54 Å². The van der Waals surface area contributed by atoms with E-state index in [0.717, 1.165) is 6.54 Å². The van der Waals surface area contributed by atoms with Gasteiger partial charge in [0.1, 0.15) is 5.75 Å². The van der Waals surface area contributed by atoms with Gasteiger partial charge < -0.3 is 10.4 Å². The third kappa shape index (κ3) is 1.21. The normalized spacial score (nSPS) is 22.7. The van der Waals surface area contributed by atoms with Crippen molar-refractivity contribution >= 4 is 0 Å². The van der Waals surface area contributed by atoms with Gasteiger partial charge in [-0.1, -0.05) is 12.1 Å². The summed E-state index contributed by atoms with van der Waals surface area (Å²) < 4.78 is 0. The first-order valence-electron chi connectivity index (χ1n) is 3.88. The van der Waals surface area contributed by atoms with Crippen molar-refractivity contribution in [1.82, 2.24) is 5.32 Å². The second-order valence-electron chi connectivity index (χ2n) is 2.89. The molecule has 2 rings (SSSR count). The van der Waals surface area contributed by atoms with Gasteiger partial charge in [0.2, 0.25) is 0 Å². The Labute approximate surface area is 65.9 Å². The zero-order valence-electron chi connectivity index (χ0n) is 6.25. The summed E-state index contributed by atoms with van der Waals surface area (Å²) in [6.45, 7) is 1.10. The average Bonchev–Trinajstić information content (AvgIpc) is 1.83. The first-order chi connectivity index (χ1) is 5.36. The van der Waals surface area contributed by atoms with E-state index in [2.05, 4.69) is 5.32 Å². The molecule has 2 nitrogen and oxygen atoms in total. The van der Waals surface area contributed by atoms with E-state index in [4.69, 9.17) is 5.11 Å². The lowest BCUT2D eigenvalue weighted by atomic mass is 9.98. The minimum Gasteiger partial charge on any atom is -0.508 e. The van der Waals surface area contributed by atoms with Crippen molar-refractivity contribution < 1.29 is 5.11 Å². The predicted octanol–water partition coefficient (Wildman–Crippen LogP) is 1.43. The average molecular weight is 149 g/mol. The summed E-state index contributed by atoms with van der Waals surface area (Å²) in [5, 5.41) is 12.4. The monoisotopic (exact) mass is 149 g/mol. The third-order valence-electron chi connectivity index (χ3n) is 2.10. The Bertz CT molecular complexity index is 255. The highest BCUT2D eigenvalue weighted by atomic mass is 16.3. The van der Waals surface area contributed by atoms with E-state index in [0.29, 0.717) is 11.8 Å². The third-order valence-corrected chi connectivity index (χ3v) is 2.10. The topological polar surface area (TPSA) is 32.3 Å². The van der Waals surface area contributed by atoms with Crippen LogP contribution in [0.5, 0.6) is 5.75 Å². The van der Waals surface area contributed by atoms with Crippen LogP contribution < -0.4 is 5.32 Å². The molecule has 0 saturated carbocycles. The van der Waals surface area contributed by atoms with Crippen LogP contribution in [0.3, 0.4) is 0 Å². The molecule has 1 aromatic rings. The molecule has 58 valence electrons. The van der Waals surface area contributed by atoms with Gasteiger partial charge in [0.05, 0.1) is 0 Å². The van der Waals surface area contributed by atoms with Crippen LogP contribution in [-0.2, 0) is 0 Å². The van der Waals surface area contributed by atoms with Crippen LogP contribution in [0.4, 0.5) is 0 Å². The van der Waals surface area contributed by atoms with Gasteiger partial charge in [0.25, 0.3) is 0 Å². The van der Waals surface area contributed by atoms with Crippen molar-refractivity contribution in [2.24, 2.45) is 0 Å². The molecule has 2 N–H and O–H groups in total. The molecule has 1 heterocycles. The van der Waals surface area contributed by atoms with Crippen LogP contribution in [0.25, 0.3) is 0 Å². The highest BCUT2D eigenvalue weighted by Gasteiger charge is 2.17. The first kappa shape index (κ1) is 6.68. The Kier molecular flexibility index (Phi) is 1.55. The molecule has 0 aromatic heterocycles. The van der Waals surface area contributed by atoms with Crippen LogP contribution in [0.1, 0.15) is 18.0 Å². The minimum absolute atomic E-state index is 0.358. The summed E-state index contributed by atoms with van der Waals surface area (Å²) in [4.78, 5) is 0. The number of aromatic hydroxyl groups is 1. The lowest BCUT2D eigenvalue weighted by Gasteiger charge is -2.27.